The first kappa shape index (κ1) is 34.1. The van der Waals surface area contributed by atoms with Crippen molar-refractivity contribution in [3.8, 4) is 34.4 Å². The molecule has 0 spiro atoms. The zero-order valence-electron chi connectivity index (χ0n) is 26.9. The van der Waals surface area contributed by atoms with Crippen LogP contribution in [-0.4, -0.2) is 58.3 Å². The van der Waals surface area contributed by atoms with Crippen molar-refractivity contribution in [2.24, 2.45) is 0 Å². The SMILES string of the molecule is CCN(CC)C(=O)Cn1cc(OC(=O)Nc2ccc(Oc3ccnc4cc(OC)c(OC)cc34)c(F)c2)c(=O)n(-c2ccc(F)cc2)c1=O. The van der Waals surface area contributed by atoms with Gasteiger partial charge >= 0.3 is 17.3 Å². The van der Waals surface area contributed by atoms with Crippen LogP contribution in [0.25, 0.3) is 16.6 Å². The first-order valence-corrected chi connectivity index (χ1v) is 14.9. The Morgan fingerprint density at radius 2 is 1.55 bits per heavy atom. The zero-order valence-corrected chi connectivity index (χ0v) is 26.9. The average molecular weight is 676 g/mol. The molecule has 0 saturated heterocycles. The Labute approximate surface area is 277 Å². The second kappa shape index (κ2) is 14.7. The van der Waals surface area contributed by atoms with Crippen LogP contribution in [0.5, 0.6) is 28.7 Å². The molecule has 5 aromatic rings. The van der Waals surface area contributed by atoms with Crippen molar-refractivity contribution in [1.82, 2.24) is 19.0 Å². The Kier molecular flexibility index (Phi) is 10.2. The maximum Gasteiger partial charge on any atom is 0.417 e. The number of benzene rings is 3. The van der Waals surface area contributed by atoms with Crippen LogP contribution < -0.4 is 35.5 Å². The maximum atomic E-state index is 15.2. The van der Waals surface area contributed by atoms with Crippen LogP contribution >= 0.6 is 0 Å². The summed E-state index contributed by atoms with van der Waals surface area (Å²) in [6.07, 6.45) is 1.23. The summed E-state index contributed by atoms with van der Waals surface area (Å²) in [6.45, 7) is 3.80. The van der Waals surface area contributed by atoms with Gasteiger partial charge in [0.25, 0.3) is 0 Å². The first-order valence-electron chi connectivity index (χ1n) is 14.9. The third-order valence-corrected chi connectivity index (χ3v) is 7.44. The largest absolute Gasteiger partial charge is 0.493 e. The van der Waals surface area contributed by atoms with E-state index in [1.807, 2.05) is 0 Å². The van der Waals surface area contributed by atoms with Gasteiger partial charge in [-0.1, -0.05) is 0 Å². The third-order valence-electron chi connectivity index (χ3n) is 7.44. The second-order valence-corrected chi connectivity index (χ2v) is 10.4. The van der Waals surface area contributed by atoms with E-state index in [2.05, 4.69) is 10.3 Å². The standard InChI is InChI=1S/C34H31F2N5O8/c1-5-39(6-2)31(42)19-40-18-30(32(43)41(34(40)45)22-10-7-20(35)8-11-22)49-33(44)38-21-9-12-27(24(36)15-21)48-26-13-14-37-25-17-29(47-4)28(46-3)16-23(25)26/h7-18H,5-6,19H2,1-4H3,(H,38,44). The van der Waals surface area contributed by atoms with Crippen molar-refractivity contribution in [2.75, 3.05) is 32.6 Å². The van der Waals surface area contributed by atoms with Gasteiger partial charge in [0.2, 0.25) is 11.7 Å². The number of methoxy groups -OCH3 is 2. The normalized spacial score (nSPS) is 10.8. The zero-order chi connectivity index (χ0) is 35.2. The van der Waals surface area contributed by atoms with E-state index in [9.17, 15) is 23.6 Å². The molecule has 5 rings (SSSR count). The molecule has 254 valence electrons. The number of ether oxygens (including phenoxy) is 4. The van der Waals surface area contributed by atoms with Crippen molar-refractivity contribution in [3.05, 3.63) is 106 Å². The molecule has 0 aliphatic carbocycles. The summed E-state index contributed by atoms with van der Waals surface area (Å²) in [4.78, 5) is 58.2. The number of nitrogens with one attached hydrogen (secondary N) is 1. The van der Waals surface area contributed by atoms with Gasteiger partial charge in [0, 0.05) is 42.5 Å². The molecule has 0 aliphatic rings. The molecule has 0 saturated carbocycles. The summed E-state index contributed by atoms with van der Waals surface area (Å²) in [6, 6.07) is 12.9. The summed E-state index contributed by atoms with van der Waals surface area (Å²) < 4.78 is 52.2. The van der Waals surface area contributed by atoms with Gasteiger partial charge in [-0.05, 0) is 62.4 Å². The smallest absolute Gasteiger partial charge is 0.417 e. The van der Waals surface area contributed by atoms with Gasteiger partial charge in [-0.25, -0.2) is 22.9 Å². The van der Waals surface area contributed by atoms with Gasteiger partial charge in [-0.15, -0.1) is 0 Å². The molecule has 0 radical (unpaired) electrons. The highest BCUT2D eigenvalue weighted by Gasteiger charge is 2.21. The van der Waals surface area contributed by atoms with Gasteiger partial charge in [-0.3, -0.25) is 24.5 Å². The molecule has 2 amide bonds. The number of fused-ring (bicyclic) bond motifs is 1. The first-order chi connectivity index (χ1) is 23.6. The minimum Gasteiger partial charge on any atom is -0.493 e. The van der Waals surface area contributed by atoms with E-state index in [1.54, 1.807) is 32.0 Å². The highest BCUT2D eigenvalue weighted by Crippen LogP contribution is 2.37. The molecule has 3 aromatic carbocycles. The van der Waals surface area contributed by atoms with Crippen molar-refractivity contribution in [3.63, 3.8) is 0 Å². The molecular weight excluding hydrogens is 644 g/mol. The molecule has 15 heteroatoms. The van der Waals surface area contributed by atoms with E-state index < -0.39 is 47.2 Å². The summed E-state index contributed by atoms with van der Waals surface area (Å²) in [7, 11) is 2.97. The lowest BCUT2D eigenvalue weighted by atomic mass is 10.2. The molecular formula is C34H31F2N5O8. The van der Waals surface area contributed by atoms with Crippen LogP contribution in [0, 0.1) is 11.6 Å². The fourth-order valence-electron chi connectivity index (χ4n) is 4.96. The lowest BCUT2D eigenvalue weighted by Gasteiger charge is -2.20. The number of carbonyl (C=O) groups excluding carboxylic acids is 2. The van der Waals surface area contributed by atoms with E-state index in [1.165, 1.54) is 49.6 Å². The van der Waals surface area contributed by atoms with Crippen molar-refractivity contribution >= 4 is 28.6 Å². The monoisotopic (exact) mass is 675 g/mol. The van der Waals surface area contributed by atoms with Crippen LogP contribution in [-0.2, 0) is 11.3 Å². The number of pyridine rings is 1. The predicted octanol–water partition coefficient (Wildman–Crippen LogP) is 5.11. The molecule has 0 atom stereocenters. The summed E-state index contributed by atoms with van der Waals surface area (Å²) in [5.41, 5.74) is -1.53. The minimum atomic E-state index is -1.20. The molecule has 0 fully saturated rings. The molecule has 13 nitrogen and oxygen atoms in total. The van der Waals surface area contributed by atoms with Gasteiger partial charge in [0.1, 0.15) is 18.1 Å². The number of carbonyl (C=O) groups is 2. The molecule has 0 bridgehead atoms. The highest BCUT2D eigenvalue weighted by atomic mass is 19.1. The van der Waals surface area contributed by atoms with Crippen molar-refractivity contribution < 1.29 is 37.3 Å². The second-order valence-electron chi connectivity index (χ2n) is 10.4. The van der Waals surface area contributed by atoms with Crippen LogP contribution in [0.4, 0.5) is 19.3 Å². The number of likely N-dealkylation sites (N-methyl/N-ethyl adjacent to an activating group) is 1. The Balaban J connectivity index is 1.40. The topological polar surface area (TPSA) is 143 Å². The molecule has 0 unspecified atom stereocenters. The quantitative estimate of drug-likeness (QED) is 0.202. The predicted molar refractivity (Wildman–Crippen MR) is 175 cm³/mol. The van der Waals surface area contributed by atoms with Crippen molar-refractivity contribution in [1.29, 1.82) is 0 Å². The molecule has 2 heterocycles. The summed E-state index contributed by atoms with van der Waals surface area (Å²) in [5, 5.41) is 2.85. The molecule has 49 heavy (non-hydrogen) atoms. The maximum absolute atomic E-state index is 15.2. The number of rotatable bonds is 11. The Morgan fingerprint density at radius 3 is 2.20 bits per heavy atom. The molecule has 0 aliphatic heterocycles. The fourth-order valence-corrected chi connectivity index (χ4v) is 4.96. The van der Waals surface area contributed by atoms with E-state index in [0.29, 0.717) is 40.1 Å². The average Bonchev–Trinajstić information content (AvgIpc) is 3.09. The van der Waals surface area contributed by atoms with Crippen molar-refractivity contribution in [2.45, 2.75) is 20.4 Å². The lowest BCUT2D eigenvalue weighted by Crippen LogP contribution is -2.43. The van der Waals surface area contributed by atoms with Gasteiger partial charge < -0.3 is 23.8 Å². The Bertz CT molecular complexity index is 2150. The van der Waals surface area contributed by atoms with Crippen LogP contribution in [0.1, 0.15) is 13.8 Å². The van der Waals surface area contributed by atoms with Gasteiger partial charge in [0.05, 0.1) is 31.6 Å². The fraction of sp³-hybridized carbons (Fsp3) is 0.206. The number of hydrogen-bond acceptors (Lipinski definition) is 9. The molecule has 1 N–H and O–H groups in total. The van der Waals surface area contributed by atoms with Crippen LogP contribution in [0.3, 0.4) is 0 Å². The minimum absolute atomic E-state index is 0.0245. The summed E-state index contributed by atoms with van der Waals surface area (Å²) >= 11 is 0. The van der Waals surface area contributed by atoms with Gasteiger partial charge in [0.15, 0.2) is 23.1 Å². The molecule has 2 aromatic heterocycles. The number of aromatic nitrogens is 3. The number of anilines is 1. The van der Waals surface area contributed by atoms with E-state index in [0.717, 1.165) is 29.0 Å². The highest BCUT2D eigenvalue weighted by molar-refractivity contribution is 5.89. The number of nitrogens with zero attached hydrogens (tertiary/aromatic N) is 4. The number of amides is 2. The van der Waals surface area contributed by atoms with Crippen LogP contribution in [0.15, 0.2) is 82.6 Å². The Hall–Kier alpha value is -6.25. The number of halogens is 2. The Morgan fingerprint density at radius 1 is 0.857 bits per heavy atom. The van der Waals surface area contributed by atoms with E-state index >= 15 is 4.39 Å². The lowest BCUT2D eigenvalue weighted by molar-refractivity contribution is -0.131. The number of hydrogen-bond donors (Lipinski definition) is 1. The summed E-state index contributed by atoms with van der Waals surface area (Å²) in [5.74, 6) is -1.53. The van der Waals surface area contributed by atoms with Gasteiger partial charge in [-0.2, -0.15) is 0 Å². The van der Waals surface area contributed by atoms with Crippen LogP contribution in [0.2, 0.25) is 0 Å². The van der Waals surface area contributed by atoms with E-state index in [4.69, 9.17) is 18.9 Å². The third kappa shape index (κ3) is 7.35. The van der Waals surface area contributed by atoms with E-state index in [-0.39, 0.29) is 22.9 Å².